The molecule has 4 rings (SSSR count). The zero-order valence-corrected chi connectivity index (χ0v) is 15.7. The second-order valence-corrected chi connectivity index (χ2v) is 6.95. The highest BCUT2D eigenvalue weighted by Gasteiger charge is 2.28. The van der Waals surface area contributed by atoms with Gasteiger partial charge in [0.1, 0.15) is 6.10 Å². The molecule has 0 fully saturated rings. The lowest BCUT2D eigenvalue weighted by molar-refractivity contribution is 0.159. The molecule has 0 aromatic heterocycles. The summed E-state index contributed by atoms with van der Waals surface area (Å²) in [7, 11) is 4.09. The topological polar surface area (TPSA) is 26.7 Å². The third-order valence-corrected chi connectivity index (χ3v) is 5.33. The van der Waals surface area contributed by atoms with Crippen molar-refractivity contribution in [3.05, 3.63) is 96.1 Å². The molecule has 3 heteroatoms. The number of fused-ring (bicyclic) bond motifs is 1. The number of para-hydroxylation sites is 2. The molecule has 0 aliphatic heterocycles. The molecular weight excluding hydrogens is 332 g/mol. The number of hydrogen-bond donors (Lipinski definition) is 1. The minimum atomic E-state index is -0.564. The van der Waals surface area contributed by atoms with E-state index >= 15 is 0 Å². The highest BCUT2D eigenvalue weighted by Crippen LogP contribution is 2.35. The summed E-state index contributed by atoms with van der Waals surface area (Å²) in [6.07, 6.45) is 3.65. The predicted octanol–water partition coefficient (Wildman–Crippen LogP) is 5.02. The molecule has 0 heterocycles. The van der Waals surface area contributed by atoms with E-state index in [2.05, 4.69) is 65.4 Å². The van der Waals surface area contributed by atoms with Gasteiger partial charge in [0.2, 0.25) is 0 Å². The third kappa shape index (κ3) is 3.34. The summed E-state index contributed by atoms with van der Waals surface area (Å²) < 4.78 is 0. The smallest absolute Gasteiger partial charge is 0.103 e. The van der Waals surface area contributed by atoms with E-state index in [0.29, 0.717) is 0 Å². The quantitative estimate of drug-likeness (QED) is 0.711. The normalized spacial score (nSPS) is 18.0. The summed E-state index contributed by atoms with van der Waals surface area (Å²) in [5.41, 5.74) is 5.37. The Labute approximate surface area is 160 Å². The van der Waals surface area contributed by atoms with Gasteiger partial charge in [0.15, 0.2) is 0 Å². The Morgan fingerprint density at radius 3 is 2.04 bits per heavy atom. The predicted molar refractivity (Wildman–Crippen MR) is 114 cm³/mol. The van der Waals surface area contributed by atoms with Crippen molar-refractivity contribution in [3.8, 4) is 0 Å². The molecule has 1 aliphatic rings. The molecule has 0 radical (unpaired) electrons. The molecule has 3 aromatic rings. The van der Waals surface area contributed by atoms with Crippen LogP contribution >= 0.6 is 0 Å². The Bertz CT molecular complexity index is 937. The molecular formula is C24H24N2O. The molecule has 3 aromatic carbocycles. The average molecular weight is 356 g/mol. The first-order valence-corrected chi connectivity index (χ1v) is 9.22. The van der Waals surface area contributed by atoms with E-state index in [-0.39, 0.29) is 6.04 Å². The molecule has 1 N–H and O–H groups in total. The first-order valence-electron chi connectivity index (χ1n) is 9.22. The summed E-state index contributed by atoms with van der Waals surface area (Å²) in [4.78, 5) is 4.27. The fourth-order valence-corrected chi connectivity index (χ4v) is 3.65. The Kier molecular flexibility index (Phi) is 4.69. The number of aliphatic hydroxyl groups is 1. The minimum Gasteiger partial charge on any atom is -0.386 e. The maximum atomic E-state index is 11.0. The van der Waals surface area contributed by atoms with E-state index in [1.807, 2.05) is 49.5 Å². The monoisotopic (exact) mass is 356 g/mol. The number of likely N-dealkylation sites (N-methyl/N-ethyl adjacent to an activating group) is 1. The van der Waals surface area contributed by atoms with Crippen molar-refractivity contribution in [3.63, 3.8) is 0 Å². The van der Waals surface area contributed by atoms with Crippen LogP contribution in [-0.2, 0) is 0 Å². The summed E-state index contributed by atoms with van der Waals surface area (Å²) >= 11 is 0. The number of hydrogen-bond acceptors (Lipinski definition) is 3. The first kappa shape index (κ1) is 17.4. The van der Waals surface area contributed by atoms with Gasteiger partial charge < -0.3 is 14.9 Å². The minimum absolute atomic E-state index is 0.0856. The van der Waals surface area contributed by atoms with E-state index in [9.17, 15) is 5.11 Å². The van der Waals surface area contributed by atoms with Crippen LogP contribution in [0.2, 0.25) is 0 Å². The van der Waals surface area contributed by atoms with Crippen LogP contribution in [0, 0.1) is 0 Å². The van der Waals surface area contributed by atoms with Gasteiger partial charge in [-0.15, -0.1) is 0 Å². The molecule has 1 aliphatic carbocycles. The number of anilines is 3. The maximum absolute atomic E-state index is 11.0. The van der Waals surface area contributed by atoms with E-state index < -0.39 is 6.10 Å². The second-order valence-electron chi connectivity index (χ2n) is 6.95. The standard InChI is InChI=1S/C24H24N2O/c1-25(19-9-5-3-6-10-19)21-14-15-22-18(17-21)13-16-23(24(22)27)26(2)20-11-7-4-8-12-20/h3-17,23-24,27H,1-2H3/t23-,24-/m0/s1. The number of rotatable bonds is 4. The SMILES string of the molecule is CN(c1ccccc1)c1ccc2c(c1)C=C[C@H](N(C)c1ccccc1)[C@H]2O. The van der Waals surface area contributed by atoms with Crippen molar-refractivity contribution >= 4 is 23.1 Å². The molecule has 136 valence electrons. The average Bonchev–Trinajstić information content (AvgIpc) is 2.74. The van der Waals surface area contributed by atoms with E-state index in [1.165, 1.54) is 0 Å². The van der Waals surface area contributed by atoms with Crippen LogP contribution in [0.15, 0.2) is 84.9 Å². The van der Waals surface area contributed by atoms with Gasteiger partial charge in [-0.25, -0.2) is 0 Å². The number of aliphatic hydroxyl groups excluding tert-OH is 1. The fraction of sp³-hybridized carbons (Fsp3) is 0.167. The summed E-state index contributed by atoms with van der Waals surface area (Å²) in [6, 6.07) is 26.6. The van der Waals surface area contributed by atoms with Crippen LogP contribution in [0.3, 0.4) is 0 Å². The van der Waals surface area contributed by atoms with Crippen LogP contribution in [0.1, 0.15) is 17.2 Å². The van der Waals surface area contributed by atoms with Crippen molar-refractivity contribution in [1.82, 2.24) is 0 Å². The lowest BCUT2D eigenvalue weighted by Crippen LogP contribution is -2.37. The van der Waals surface area contributed by atoms with Crippen LogP contribution in [-0.4, -0.2) is 25.2 Å². The lowest BCUT2D eigenvalue weighted by atomic mass is 9.90. The van der Waals surface area contributed by atoms with Crippen molar-refractivity contribution in [2.75, 3.05) is 23.9 Å². The summed E-state index contributed by atoms with van der Waals surface area (Å²) in [6.45, 7) is 0. The van der Waals surface area contributed by atoms with Crippen molar-refractivity contribution in [2.45, 2.75) is 12.1 Å². The van der Waals surface area contributed by atoms with Gasteiger partial charge in [-0.2, -0.15) is 0 Å². The van der Waals surface area contributed by atoms with Crippen LogP contribution < -0.4 is 9.80 Å². The fourth-order valence-electron chi connectivity index (χ4n) is 3.65. The summed E-state index contributed by atoms with van der Waals surface area (Å²) in [5, 5.41) is 11.0. The van der Waals surface area contributed by atoms with Crippen molar-refractivity contribution in [1.29, 1.82) is 0 Å². The molecule has 2 atom stereocenters. The molecule has 0 unspecified atom stereocenters. The Hall–Kier alpha value is -3.04. The zero-order chi connectivity index (χ0) is 18.8. The van der Waals surface area contributed by atoms with Crippen molar-refractivity contribution in [2.24, 2.45) is 0 Å². The van der Waals surface area contributed by atoms with Gasteiger partial charge in [0.25, 0.3) is 0 Å². The van der Waals surface area contributed by atoms with Crippen LogP contribution in [0.25, 0.3) is 6.08 Å². The van der Waals surface area contributed by atoms with Gasteiger partial charge in [-0.05, 0) is 47.5 Å². The highest BCUT2D eigenvalue weighted by atomic mass is 16.3. The molecule has 0 saturated heterocycles. The van der Waals surface area contributed by atoms with E-state index in [0.717, 1.165) is 28.2 Å². The van der Waals surface area contributed by atoms with E-state index in [4.69, 9.17) is 0 Å². The maximum Gasteiger partial charge on any atom is 0.103 e. The highest BCUT2D eigenvalue weighted by molar-refractivity contribution is 5.70. The Balaban J connectivity index is 1.61. The Morgan fingerprint density at radius 1 is 0.741 bits per heavy atom. The molecule has 3 nitrogen and oxygen atoms in total. The van der Waals surface area contributed by atoms with Gasteiger partial charge >= 0.3 is 0 Å². The third-order valence-electron chi connectivity index (χ3n) is 5.33. The van der Waals surface area contributed by atoms with Gasteiger partial charge in [0, 0.05) is 31.2 Å². The van der Waals surface area contributed by atoms with Gasteiger partial charge in [0.05, 0.1) is 6.04 Å². The first-order chi connectivity index (χ1) is 13.1. The number of nitrogens with zero attached hydrogens (tertiary/aromatic N) is 2. The second kappa shape index (κ2) is 7.29. The van der Waals surface area contributed by atoms with Crippen LogP contribution in [0.4, 0.5) is 17.1 Å². The van der Waals surface area contributed by atoms with E-state index in [1.54, 1.807) is 0 Å². The molecule has 0 spiro atoms. The van der Waals surface area contributed by atoms with Gasteiger partial charge in [-0.1, -0.05) is 54.6 Å². The van der Waals surface area contributed by atoms with Gasteiger partial charge in [-0.3, -0.25) is 0 Å². The summed E-state index contributed by atoms with van der Waals surface area (Å²) in [5.74, 6) is 0. The lowest BCUT2D eigenvalue weighted by Gasteiger charge is -2.35. The largest absolute Gasteiger partial charge is 0.386 e. The van der Waals surface area contributed by atoms with Crippen molar-refractivity contribution < 1.29 is 5.11 Å². The molecule has 27 heavy (non-hydrogen) atoms. The molecule has 0 saturated carbocycles. The zero-order valence-electron chi connectivity index (χ0n) is 15.7. The number of benzene rings is 3. The molecule has 0 amide bonds. The molecule has 0 bridgehead atoms. The Morgan fingerprint density at radius 2 is 1.37 bits per heavy atom. The van der Waals surface area contributed by atoms with Crippen LogP contribution in [0.5, 0.6) is 0 Å².